The van der Waals surface area contributed by atoms with Crippen molar-refractivity contribution < 1.29 is 19.5 Å². The van der Waals surface area contributed by atoms with E-state index in [0.717, 1.165) is 0 Å². The number of hydrogen-bond donors (Lipinski definition) is 4. The summed E-state index contributed by atoms with van der Waals surface area (Å²) >= 11 is 0. The maximum atomic E-state index is 11.6. The van der Waals surface area contributed by atoms with Crippen molar-refractivity contribution in [1.29, 1.82) is 0 Å². The molecule has 1 rings (SSSR count). The maximum Gasteiger partial charge on any atom is 0.322 e. The molecule has 0 unspecified atom stereocenters. The van der Waals surface area contributed by atoms with Gasteiger partial charge in [-0.25, -0.2) is 0 Å². The average Bonchev–Trinajstić information content (AvgIpc) is 2.82. The molecule has 5 N–H and O–H groups in total. The van der Waals surface area contributed by atoms with Crippen LogP contribution in [0.15, 0.2) is 6.20 Å². The topological polar surface area (TPSA) is 152 Å². The van der Waals surface area contributed by atoms with Crippen molar-refractivity contribution in [1.82, 2.24) is 25.6 Å². The Morgan fingerprint density at radius 2 is 2.05 bits per heavy atom. The van der Waals surface area contributed by atoms with Gasteiger partial charge in [-0.15, -0.1) is 5.10 Å². The summed E-state index contributed by atoms with van der Waals surface area (Å²) in [6.07, 6.45) is 1.40. The molecule has 10 heteroatoms. The van der Waals surface area contributed by atoms with Gasteiger partial charge in [0.25, 0.3) is 5.91 Å². The second kappa shape index (κ2) is 7.06. The molecule has 1 heterocycles. The average molecular weight is 270 g/mol. The summed E-state index contributed by atoms with van der Waals surface area (Å²) in [5.41, 5.74) is 5.37. The van der Waals surface area contributed by atoms with Crippen LogP contribution in [0.1, 0.15) is 10.5 Å². The molecule has 0 bridgehead atoms. The number of nitrogens with two attached hydrogens (primary N) is 1. The van der Waals surface area contributed by atoms with Gasteiger partial charge in [0.15, 0.2) is 5.69 Å². The van der Waals surface area contributed by atoms with E-state index in [1.54, 1.807) is 0 Å². The van der Waals surface area contributed by atoms with Crippen molar-refractivity contribution in [3.63, 3.8) is 0 Å². The smallest absolute Gasteiger partial charge is 0.322 e. The van der Waals surface area contributed by atoms with Gasteiger partial charge in [0.1, 0.15) is 6.54 Å². The number of carboxylic acid groups (broad SMARTS) is 1. The predicted octanol–water partition coefficient (Wildman–Crippen LogP) is -2.83. The first-order valence-corrected chi connectivity index (χ1v) is 5.40. The molecule has 104 valence electrons. The Hall–Kier alpha value is -2.49. The second-order valence-corrected chi connectivity index (χ2v) is 3.51. The summed E-state index contributed by atoms with van der Waals surface area (Å²) in [6.45, 7) is -0.0430. The zero-order valence-electron chi connectivity index (χ0n) is 10.00. The van der Waals surface area contributed by atoms with Crippen LogP contribution >= 0.6 is 0 Å². The second-order valence-electron chi connectivity index (χ2n) is 3.51. The first kappa shape index (κ1) is 14.6. The van der Waals surface area contributed by atoms with Gasteiger partial charge in [-0.3, -0.25) is 19.1 Å². The van der Waals surface area contributed by atoms with Crippen LogP contribution in [0.3, 0.4) is 0 Å². The quantitative estimate of drug-likeness (QED) is 0.416. The molecular formula is C9H14N6O4. The van der Waals surface area contributed by atoms with Gasteiger partial charge in [0.2, 0.25) is 5.91 Å². The molecule has 19 heavy (non-hydrogen) atoms. The molecule has 2 amide bonds. The first-order chi connectivity index (χ1) is 9.02. The van der Waals surface area contributed by atoms with Crippen molar-refractivity contribution in [2.75, 3.05) is 19.6 Å². The molecule has 0 saturated carbocycles. The Bertz CT molecular complexity index is 471. The van der Waals surface area contributed by atoms with E-state index in [2.05, 4.69) is 20.9 Å². The van der Waals surface area contributed by atoms with E-state index >= 15 is 0 Å². The molecule has 0 saturated heterocycles. The SMILES string of the molecule is NCCn1cc(C(=O)NCC(=O)NCC(=O)O)nn1. The summed E-state index contributed by atoms with van der Waals surface area (Å²) in [6, 6.07) is 0. The number of aliphatic carboxylic acids is 1. The van der Waals surface area contributed by atoms with Gasteiger partial charge in [-0.1, -0.05) is 5.21 Å². The lowest BCUT2D eigenvalue weighted by atomic mass is 10.4. The van der Waals surface area contributed by atoms with Gasteiger partial charge < -0.3 is 21.5 Å². The van der Waals surface area contributed by atoms with Crippen LogP contribution < -0.4 is 16.4 Å². The van der Waals surface area contributed by atoms with Gasteiger partial charge in [0, 0.05) is 6.54 Å². The zero-order valence-corrected chi connectivity index (χ0v) is 10.00. The molecule has 0 aliphatic carbocycles. The Kier molecular flexibility index (Phi) is 5.41. The van der Waals surface area contributed by atoms with Crippen LogP contribution in [-0.2, 0) is 16.1 Å². The number of aromatic nitrogens is 3. The van der Waals surface area contributed by atoms with Crippen LogP contribution in [0.4, 0.5) is 0 Å². The molecule has 0 aromatic carbocycles. The molecule has 0 atom stereocenters. The van der Waals surface area contributed by atoms with E-state index in [1.165, 1.54) is 10.9 Å². The van der Waals surface area contributed by atoms with Crippen LogP contribution in [0.25, 0.3) is 0 Å². The number of carbonyl (C=O) groups excluding carboxylic acids is 2. The third-order valence-corrected chi connectivity index (χ3v) is 1.98. The number of carboxylic acids is 1. The summed E-state index contributed by atoms with van der Waals surface area (Å²) in [7, 11) is 0. The first-order valence-electron chi connectivity index (χ1n) is 5.40. The summed E-state index contributed by atoms with van der Waals surface area (Å²) in [5, 5.41) is 20.0. The lowest BCUT2D eigenvalue weighted by Crippen LogP contribution is -2.39. The Morgan fingerprint density at radius 3 is 2.68 bits per heavy atom. The van der Waals surface area contributed by atoms with Gasteiger partial charge >= 0.3 is 5.97 Å². The minimum absolute atomic E-state index is 0.0551. The molecule has 0 aliphatic heterocycles. The van der Waals surface area contributed by atoms with Crippen molar-refractivity contribution in [2.24, 2.45) is 5.73 Å². The largest absolute Gasteiger partial charge is 0.480 e. The summed E-state index contributed by atoms with van der Waals surface area (Å²) in [4.78, 5) is 32.9. The number of rotatable bonds is 7. The number of nitrogens with zero attached hydrogens (tertiary/aromatic N) is 3. The highest BCUT2D eigenvalue weighted by molar-refractivity contribution is 5.94. The van der Waals surface area contributed by atoms with Gasteiger partial charge in [0.05, 0.1) is 19.3 Å². The fourth-order valence-electron chi connectivity index (χ4n) is 1.13. The fourth-order valence-corrected chi connectivity index (χ4v) is 1.13. The van der Waals surface area contributed by atoms with Crippen LogP contribution in [0, 0.1) is 0 Å². The van der Waals surface area contributed by atoms with E-state index < -0.39 is 24.3 Å². The van der Waals surface area contributed by atoms with Crippen LogP contribution in [-0.4, -0.2) is 57.5 Å². The maximum absolute atomic E-state index is 11.6. The number of amides is 2. The molecule has 0 fully saturated rings. The molecular weight excluding hydrogens is 256 g/mol. The molecule has 0 spiro atoms. The summed E-state index contributed by atoms with van der Waals surface area (Å²) in [5.74, 6) is -2.34. The molecule has 0 radical (unpaired) electrons. The van der Waals surface area contributed by atoms with Crippen molar-refractivity contribution in [3.8, 4) is 0 Å². The molecule has 1 aromatic rings. The van der Waals surface area contributed by atoms with Crippen molar-refractivity contribution >= 4 is 17.8 Å². The van der Waals surface area contributed by atoms with E-state index in [1.807, 2.05) is 0 Å². The Labute approximate surface area is 107 Å². The third kappa shape index (κ3) is 5.12. The van der Waals surface area contributed by atoms with E-state index in [4.69, 9.17) is 10.8 Å². The number of hydrogen-bond acceptors (Lipinski definition) is 6. The monoisotopic (exact) mass is 270 g/mol. The van der Waals surface area contributed by atoms with Crippen LogP contribution in [0.5, 0.6) is 0 Å². The highest BCUT2D eigenvalue weighted by atomic mass is 16.4. The zero-order chi connectivity index (χ0) is 14.3. The van der Waals surface area contributed by atoms with Gasteiger partial charge in [-0.2, -0.15) is 0 Å². The standard InChI is InChI=1S/C9H14N6O4/c10-1-2-15-5-6(13-14-15)9(19)12-3-7(16)11-4-8(17)18/h5H,1-4,10H2,(H,11,16)(H,12,19)(H,17,18). The normalized spacial score (nSPS) is 9.95. The fraction of sp³-hybridized carbons (Fsp3) is 0.444. The van der Waals surface area contributed by atoms with Crippen LogP contribution in [0.2, 0.25) is 0 Å². The Balaban J connectivity index is 2.37. The predicted molar refractivity (Wildman–Crippen MR) is 62.1 cm³/mol. The van der Waals surface area contributed by atoms with E-state index in [-0.39, 0.29) is 12.2 Å². The molecule has 10 nitrogen and oxygen atoms in total. The highest BCUT2D eigenvalue weighted by Crippen LogP contribution is 1.92. The highest BCUT2D eigenvalue weighted by Gasteiger charge is 2.12. The van der Waals surface area contributed by atoms with Gasteiger partial charge in [-0.05, 0) is 0 Å². The van der Waals surface area contributed by atoms with Crippen molar-refractivity contribution in [2.45, 2.75) is 6.54 Å². The van der Waals surface area contributed by atoms with Crippen molar-refractivity contribution in [3.05, 3.63) is 11.9 Å². The lowest BCUT2D eigenvalue weighted by Gasteiger charge is -2.03. The Morgan fingerprint density at radius 1 is 1.32 bits per heavy atom. The number of carbonyl (C=O) groups is 3. The number of nitrogens with one attached hydrogen (secondary N) is 2. The van der Waals surface area contributed by atoms with E-state index in [0.29, 0.717) is 13.1 Å². The summed E-state index contributed by atoms with van der Waals surface area (Å²) < 4.78 is 1.40. The molecule has 0 aliphatic rings. The third-order valence-electron chi connectivity index (χ3n) is 1.98. The minimum Gasteiger partial charge on any atom is -0.480 e. The van der Waals surface area contributed by atoms with E-state index in [9.17, 15) is 14.4 Å². The molecule has 1 aromatic heterocycles. The minimum atomic E-state index is -1.16. The lowest BCUT2D eigenvalue weighted by molar-refractivity contribution is -0.137.